The summed E-state index contributed by atoms with van der Waals surface area (Å²) in [6.07, 6.45) is 0.104. The largest absolute Gasteiger partial charge is 0.416 e. The Hall–Kier alpha value is -6.16. The van der Waals surface area contributed by atoms with Crippen molar-refractivity contribution in [2.45, 2.75) is 58.7 Å². The molecule has 2 N–H and O–H groups in total. The van der Waals surface area contributed by atoms with Crippen LogP contribution in [0.3, 0.4) is 0 Å². The van der Waals surface area contributed by atoms with Crippen LogP contribution in [0, 0.1) is 5.92 Å². The predicted molar refractivity (Wildman–Crippen MR) is 330 cm³/mol. The zero-order valence-corrected chi connectivity index (χ0v) is 52.3. The van der Waals surface area contributed by atoms with Crippen molar-refractivity contribution >= 4 is 35.0 Å². The second kappa shape index (κ2) is 43.5. The Labute approximate surface area is 522 Å². The number of nitrogens with zero attached hydrogens (tertiary/aromatic N) is 4. The number of likely N-dealkylation sites (N-methyl/N-ethyl adjacent to an activating group) is 1. The van der Waals surface area contributed by atoms with Crippen LogP contribution in [-0.4, -0.2) is 224 Å². The van der Waals surface area contributed by atoms with Crippen LogP contribution in [0.4, 0.5) is 24.5 Å². The van der Waals surface area contributed by atoms with E-state index in [4.69, 9.17) is 52.1 Å². The molecule has 1 fully saturated rings. The first kappa shape index (κ1) is 73.6. The number of alkyl halides is 3. The van der Waals surface area contributed by atoms with Gasteiger partial charge in [0.05, 0.1) is 161 Å². The lowest BCUT2D eigenvalue weighted by atomic mass is 9.96. The Morgan fingerprint density at radius 3 is 1.76 bits per heavy atom. The van der Waals surface area contributed by atoms with E-state index in [0.717, 1.165) is 55.7 Å². The minimum absolute atomic E-state index is 0.00619. The molecule has 494 valence electrons. The lowest BCUT2D eigenvalue weighted by molar-refractivity contribution is -0.141. The molecule has 89 heavy (non-hydrogen) atoms. The summed E-state index contributed by atoms with van der Waals surface area (Å²) in [6, 6.07) is 21.0. The molecule has 1 aromatic heterocycles. The number of hydrogen-bond donors (Lipinski definition) is 2. The molecule has 1 aliphatic rings. The fourth-order valence-electron chi connectivity index (χ4n) is 9.39. The fourth-order valence-corrected chi connectivity index (χ4v) is 9.39. The van der Waals surface area contributed by atoms with Gasteiger partial charge in [-0.3, -0.25) is 24.2 Å². The second-order valence-electron chi connectivity index (χ2n) is 20.8. The van der Waals surface area contributed by atoms with Crippen molar-refractivity contribution in [3.05, 3.63) is 113 Å². The highest BCUT2D eigenvalue weighted by molar-refractivity contribution is 6.06. The van der Waals surface area contributed by atoms with E-state index in [9.17, 15) is 32.3 Å². The number of carbonyl (C=O) groups is 4. The molecule has 3 aromatic carbocycles. The number of hydrogen-bond acceptors (Lipinski definition) is 17. The van der Waals surface area contributed by atoms with Gasteiger partial charge in [0.15, 0.2) is 0 Å². The van der Waals surface area contributed by atoms with Crippen LogP contribution in [0.1, 0.15) is 76.9 Å². The highest BCUT2D eigenvalue weighted by Gasteiger charge is 2.31. The SMILES string of the molecule is CCN(CC)c1ccc(NC(=O)c2cccc(CCCOCCOCCOCCOCCC(=O)N3CCC[C@H](C(=O)N(C)CCOCCOCCOCCOCCOCCOCCOC)C3)c2)c(-c2cc(C(=O)NCc3cccc(C(F)(F)F)c3)ccn2)c1. The molecule has 4 amide bonds. The minimum Gasteiger partial charge on any atom is -0.382 e. The summed E-state index contributed by atoms with van der Waals surface area (Å²) in [5.74, 6) is -1.10. The van der Waals surface area contributed by atoms with Gasteiger partial charge in [-0.1, -0.05) is 24.3 Å². The maximum atomic E-state index is 13.8. The summed E-state index contributed by atoms with van der Waals surface area (Å²) < 4.78 is 101. The normalized spacial score (nSPS) is 13.4. The van der Waals surface area contributed by atoms with Gasteiger partial charge in [-0.15, -0.1) is 0 Å². The monoisotopic (exact) mass is 1250 g/mol. The number of halogens is 3. The van der Waals surface area contributed by atoms with E-state index < -0.39 is 17.6 Å². The van der Waals surface area contributed by atoms with E-state index in [1.807, 2.05) is 50.2 Å². The van der Waals surface area contributed by atoms with Crippen molar-refractivity contribution in [1.29, 1.82) is 0 Å². The number of anilines is 2. The number of nitrogens with one attached hydrogen (secondary N) is 2. The maximum absolute atomic E-state index is 13.8. The van der Waals surface area contributed by atoms with Gasteiger partial charge in [-0.05, 0) is 105 Å². The first-order chi connectivity index (χ1) is 43.3. The van der Waals surface area contributed by atoms with Crippen LogP contribution in [0.5, 0.6) is 0 Å². The molecule has 1 atom stereocenters. The Morgan fingerprint density at radius 1 is 0.618 bits per heavy atom. The molecule has 0 spiro atoms. The Balaban J connectivity index is 0.866. The third-order valence-corrected chi connectivity index (χ3v) is 14.3. The van der Waals surface area contributed by atoms with Gasteiger partial charge in [0.2, 0.25) is 11.8 Å². The van der Waals surface area contributed by atoms with E-state index in [0.29, 0.717) is 186 Å². The molecule has 0 saturated carbocycles. The molecular formula is C65H93F3N6O15. The van der Waals surface area contributed by atoms with Crippen molar-refractivity contribution in [3.8, 4) is 11.3 Å². The van der Waals surface area contributed by atoms with Crippen LogP contribution < -0.4 is 15.5 Å². The van der Waals surface area contributed by atoms with Crippen LogP contribution in [-0.2, 0) is 80.8 Å². The summed E-state index contributed by atoms with van der Waals surface area (Å²) in [4.78, 5) is 63.4. The Bertz CT molecular complexity index is 2650. The molecule has 21 nitrogen and oxygen atoms in total. The molecule has 5 rings (SSSR count). The zero-order valence-electron chi connectivity index (χ0n) is 52.3. The number of carbonyl (C=O) groups excluding carboxylic acids is 4. The van der Waals surface area contributed by atoms with Crippen molar-refractivity contribution < 1.29 is 84.5 Å². The molecule has 24 heteroatoms. The number of pyridine rings is 1. The van der Waals surface area contributed by atoms with E-state index in [2.05, 4.69) is 20.5 Å². The number of aromatic nitrogens is 1. The van der Waals surface area contributed by atoms with Gasteiger partial charge in [0.25, 0.3) is 11.8 Å². The number of rotatable bonds is 47. The summed E-state index contributed by atoms with van der Waals surface area (Å²) in [5.41, 5.74) is 3.57. The van der Waals surface area contributed by atoms with Gasteiger partial charge in [-0.25, -0.2) is 0 Å². The average molecular weight is 1260 g/mol. The van der Waals surface area contributed by atoms with Gasteiger partial charge in [0.1, 0.15) is 0 Å². The van der Waals surface area contributed by atoms with Crippen molar-refractivity contribution in [3.63, 3.8) is 0 Å². The molecule has 0 aliphatic carbocycles. The maximum Gasteiger partial charge on any atom is 0.416 e. The first-order valence-electron chi connectivity index (χ1n) is 30.8. The Kier molecular flexibility index (Phi) is 36.0. The summed E-state index contributed by atoms with van der Waals surface area (Å²) >= 11 is 0. The molecule has 2 heterocycles. The number of piperidine rings is 1. The second-order valence-corrected chi connectivity index (χ2v) is 20.8. The van der Waals surface area contributed by atoms with Crippen molar-refractivity contribution in [1.82, 2.24) is 20.1 Å². The van der Waals surface area contributed by atoms with Gasteiger partial charge < -0.3 is 77.4 Å². The molecule has 1 saturated heterocycles. The van der Waals surface area contributed by atoms with Crippen LogP contribution in [0.25, 0.3) is 11.3 Å². The summed E-state index contributed by atoms with van der Waals surface area (Å²) in [7, 11) is 3.40. The van der Waals surface area contributed by atoms with Crippen LogP contribution >= 0.6 is 0 Å². The molecule has 4 aromatic rings. The third kappa shape index (κ3) is 29.1. The van der Waals surface area contributed by atoms with Crippen molar-refractivity contribution in [2.24, 2.45) is 5.92 Å². The number of likely N-dealkylation sites (tertiary alicyclic amines) is 1. The average Bonchev–Trinajstić information content (AvgIpc) is 1.81. The van der Waals surface area contributed by atoms with Gasteiger partial charge >= 0.3 is 6.18 Å². The standard InChI is InChI=1S/C65H93F3N6O15/c1-5-73(6-2)57-17-18-59(58(48-57)60-47-54(19-21-69-60)62(76)70-49-52-12-8-16-56(46-52)65(66,67)68)71-63(77)53-14-7-11-51(45-53)13-10-24-80-29-32-84-37-38-85-33-30-81-25-20-61(75)74-22-9-15-55(50-74)64(78)72(3)23-26-82-31-34-86-39-40-88-43-44-89-42-41-87-36-35-83-28-27-79-4/h7-8,11-12,14,16-19,21,45-48,55H,5-6,9-10,13,15,20,22-44,49-50H2,1-4H3,(H,70,76)(H,71,77)/t55-/m0/s1. The third-order valence-electron chi connectivity index (χ3n) is 14.3. The van der Waals surface area contributed by atoms with Crippen molar-refractivity contribution in [2.75, 3.05) is 196 Å². The smallest absolute Gasteiger partial charge is 0.382 e. The number of methoxy groups -OCH3 is 1. The molecule has 1 aliphatic heterocycles. The van der Waals surface area contributed by atoms with Gasteiger partial charge in [-0.2, -0.15) is 13.2 Å². The van der Waals surface area contributed by atoms with Crippen LogP contribution in [0.2, 0.25) is 0 Å². The lowest BCUT2D eigenvalue weighted by Crippen LogP contribution is -2.46. The molecule has 0 radical (unpaired) electrons. The molecular weight excluding hydrogens is 1160 g/mol. The molecule has 0 bridgehead atoms. The number of ether oxygens (including phenoxy) is 11. The quantitative estimate of drug-likeness (QED) is 0.0407. The number of benzene rings is 3. The van der Waals surface area contributed by atoms with E-state index in [1.54, 1.807) is 36.1 Å². The number of aryl methyl sites for hydroxylation is 1. The highest BCUT2D eigenvalue weighted by atomic mass is 19.4. The first-order valence-corrected chi connectivity index (χ1v) is 30.8. The lowest BCUT2D eigenvalue weighted by Gasteiger charge is -2.34. The zero-order chi connectivity index (χ0) is 63.7. The molecule has 0 unspecified atom stereocenters. The number of amides is 4. The Morgan fingerprint density at radius 2 is 1.17 bits per heavy atom. The predicted octanol–water partition coefficient (Wildman–Crippen LogP) is 7.63. The summed E-state index contributed by atoms with van der Waals surface area (Å²) in [5, 5.41) is 5.75. The van der Waals surface area contributed by atoms with E-state index in [-0.39, 0.29) is 48.8 Å². The van der Waals surface area contributed by atoms with Gasteiger partial charge in [0, 0.05) is 88.6 Å². The minimum atomic E-state index is -4.50. The summed E-state index contributed by atoms with van der Waals surface area (Å²) in [6.45, 7) is 16.1. The van der Waals surface area contributed by atoms with Crippen LogP contribution in [0.15, 0.2) is 85.1 Å². The topological polar surface area (TPSA) is 216 Å². The fraction of sp³-hybridized carbons (Fsp3) is 0.585. The van der Waals surface area contributed by atoms with E-state index in [1.165, 1.54) is 24.4 Å². The van der Waals surface area contributed by atoms with E-state index >= 15 is 0 Å². The highest BCUT2D eigenvalue weighted by Crippen LogP contribution is 2.33.